The van der Waals surface area contributed by atoms with Gasteiger partial charge in [-0.25, -0.2) is 0 Å². The van der Waals surface area contributed by atoms with E-state index in [4.69, 9.17) is 9.47 Å². The van der Waals surface area contributed by atoms with Gasteiger partial charge < -0.3 is 14.6 Å². The fraction of sp³-hybridized carbons (Fsp3) is 0.371. The highest BCUT2D eigenvalue weighted by atomic mass is 16.5. The maximum Gasteiger partial charge on any atom is 0.130 e. The summed E-state index contributed by atoms with van der Waals surface area (Å²) in [5, 5.41) is 13.4. The van der Waals surface area contributed by atoms with Crippen molar-refractivity contribution >= 4 is 10.8 Å². The van der Waals surface area contributed by atoms with Gasteiger partial charge in [-0.2, -0.15) is 0 Å². The number of ether oxygens (including phenoxy) is 2. The first-order valence-corrected chi connectivity index (χ1v) is 13.9. The average Bonchev–Trinajstić information content (AvgIpc) is 3.16. The fourth-order valence-electron chi connectivity index (χ4n) is 6.57. The molecule has 0 atom stereocenters. The summed E-state index contributed by atoms with van der Waals surface area (Å²) >= 11 is 0. The van der Waals surface area contributed by atoms with E-state index >= 15 is 0 Å². The summed E-state index contributed by atoms with van der Waals surface area (Å²) in [6.45, 7) is 11.3. The van der Waals surface area contributed by atoms with E-state index in [-0.39, 0.29) is 10.8 Å². The van der Waals surface area contributed by atoms with Crippen LogP contribution in [0.25, 0.3) is 33.0 Å². The zero-order valence-electron chi connectivity index (χ0n) is 23.9. The molecule has 1 N–H and O–H groups in total. The lowest BCUT2D eigenvalue weighted by atomic mass is 9.71. The number of hydrogen-bond acceptors (Lipinski definition) is 3. The van der Waals surface area contributed by atoms with Gasteiger partial charge in [0.2, 0.25) is 0 Å². The van der Waals surface area contributed by atoms with Crippen molar-refractivity contribution in [3.63, 3.8) is 0 Å². The second-order valence-electron chi connectivity index (χ2n) is 11.7. The van der Waals surface area contributed by atoms with Crippen LogP contribution >= 0.6 is 0 Å². The Hall–Kier alpha value is -3.46. The molecule has 0 saturated heterocycles. The van der Waals surface area contributed by atoms with Crippen LogP contribution in [0.3, 0.4) is 0 Å². The Bertz CT molecular complexity index is 1500. The van der Waals surface area contributed by atoms with E-state index in [1.165, 1.54) is 27.8 Å². The molecule has 3 nitrogen and oxygen atoms in total. The van der Waals surface area contributed by atoms with Crippen LogP contribution in [-0.2, 0) is 10.8 Å². The summed E-state index contributed by atoms with van der Waals surface area (Å²) in [6.07, 6.45) is 4.20. The van der Waals surface area contributed by atoms with Crippen LogP contribution in [0, 0.1) is 0 Å². The number of fused-ring (bicyclic) bond motifs is 5. The molecule has 198 valence electrons. The molecule has 0 spiro atoms. The molecule has 0 aromatic heterocycles. The van der Waals surface area contributed by atoms with Gasteiger partial charge in [0.25, 0.3) is 0 Å². The van der Waals surface area contributed by atoms with Crippen LogP contribution in [0.15, 0.2) is 60.7 Å². The number of phenols is 1. The van der Waals surface area contributed by atoms with Crippen molar-refractivity contribution in [2.75, 3.05) is 14.2 Å². The molecule has 0 fully saturated rings. The topological polar surface area (TPSA) is 38.7 Å². The van der Waals surface area contributed by atoms with E-state index in [0.29, 0.717) is 5.75 Å². The monoisotopic (exact) mass is 508 g/mol. The zero-order chi connectivity index (χ0) is 27.2. The molecule has 1 aliphatic carbocycles. The Morgan fingerprint density at radius 1 is 0.737 bits per heavy atom. The van der Waals surface area contributed by atoms with E-state index in [9.17, 15) is 5.11 Å². The van der Waals surface area contributed by atoms with Gasteiger partial charge in [-0.05, 0) is 87.4 Å². The number of phenolic OH excluding ortho intramolecular Hbond substituents is 1. The van der Waals surface area contributed by atoms with Crippen molar-refractivity contribution in [3.8, 4) is 39.5 Å². The molecule has 5 rings (SSSR count). The highest BCUT2D eigenvalue weighted by Crippen LogP contribution is 2.58. The number of aromatic hydroxyl groups is 1. The largest absolute Gasteiger partial charge is 0.507 e. The van der Waals surface area contributed by atoms with Gasteiger partial charge >= 0.3 is 0 Å². The molecule has 4 aromatic rings. The van der Waals surface area contributed by atoms with Gasteiger partial charge in [0.1, 0.15) is 17.2 Å². The molecule has 0 bridgehead atoms. The number of methoxy groups -OCH3 is 2. The molecule has 4 aromatic carbocycles. The molecule has 0 amide bonds. The first-order chi connectivity index (χ1) is 18.2. The smallest absolute Gasteiger partial charge is 0.130 e. The summed E-state index contributed by atoms with van der Waals surface area (Å²) in [7, 11) is 3.39. The van der Waals surface area contributed by atoms with Gasteiger partial charge in [0.15, 0.2) is 0 Å². The lowest BCUT2D eigenvalue weighted by Gasteiger charge is -2.32. The SMILES string of the molecule is CCCC1(CCC)c2cc(-c3ccc(OC)cc3OC)ccc2-c2c1cc(O)c1ccc(C(C)(C)C)cc21. The highest BCUT2D eigenvalue weighted by Gasteiger charge is 2.43. The maximum absolute atomic E-state index is 11.3. The predicted molar refractivity (Wildman–Crippen MR) is 159 cm³/mol. The Labute approximate surface area is 227 Å². The Balaban J connectivity index is 1.84. The minimum atomic E-state index is -0.146. The molecule has 0 saturated carbocycles. The van der Waals surface area contributed by atoms with Crippen molar-refractivity contribution in [2.24, 2.45) is 0 Å². The Kier molecular flexibility index (Phi) is 6.67. The maximum atomic E-state index is 11.3. The van der Waals surface area contributed by atoms with E-state index < -0.39 is 0 Å². The number of benzene rings is 4. The van der Waals surface area contributed by atoms with Crippen molar-refractivity contribution in [3.05, 3.63) is 77.4 Å². The van der Waals surface area contributed by atoms with Crippen LogP contribution in [0.5, 0.6) is 17.2 Å². The van der Waals surface area contributed by atoms with Crippen LogP contribution in [-0.4, -0.2) is 19.3 Å². The van der Waals surface area contributed by atoms with Crippen LogP contribution in [0.4, 0.5) is 0 Å². The molecular weight excluding hydrogens is 468 g/mol. The Morgan fingerprint density at radius 2 is 1.45 bits per heavy atom. The van der Waals surface area contributed by atoms with Crippen molar-refractivity contribution < 1.29 is 14.6 Å². The summed E-state index contributed by atoms with van der Waals surface area (Å²) in [6, 6.07) is 21.5. The third kappa shape index (κ3) is 4.04. The summed E-state index contributed by atoms with van der Waals surface area (Å²) < 4.78 is 11.2. The quantitative estimate of drug-likeness (QED) is 0.270. The standard InChI is InChI=1S/C35H40O3/c1-8-16-35(17-9-2)29-18-22(25-15-12-24(37-6)20-32(25)38-7)10-13-27(29)33-28-19-23(34(3,4)5)11-14-26(28)31(36)21-30(33)35/h10-15,18-21,36H,8-9,16-17H2,1-7H3. The van der Waals surface area contributed by atoms with Gasteiger partial charge in [0, 0.05) is 22.4 Å². The van der Waals surface area contributed by atoms with Crippen LogP contribution in [0.2, 0.25) is 0 Å². The van der Waals surface area contributed by atoms with Gasteiger partial charge in [0.05, 0.1) is 14.2 Å². The molecule has 0 radical (unpaired) electrons. The van der Waals surface area contributed by atoms with Crippen LogP contribution < -0.4 is 9.47 Å². The van der Waals surface area contributed by atoms with Crippen molar-refractivity contribution in [1.29, 1.82) is 0 Å². The lowest BCUT2D eigenvalue weighted by Crippen LogP contribution is -2.25. The highest BCUT2D eigenvalue weighted by molar-refractivity contribution is 6.06. The van der Waals surface area contributed by atoms with E-state index in [2.05, 4.69) is 83.1 Å². The van der Waals surface area contributed by atoms with E-state index in [1.807, 2.05) is 12.1 Å². The second-order valence-corrected chi connectivity index (χ2v) is 11.7. The first kappa shape index (κ1) is 26.2. The summed E-state index contributed by atoms with van der Waals surface area (Å²) in [5.74, 6) is 1.96. The van der Waals surface area contributed by atoms with Crippen molar-refractivity contribution in [1.82, 2.24) is 0 Å². The minimum absolute atomic E-state index is 0.0205. The molecule has 0 heterocycles. The number of rotatable bonds is 7. The predicted octanol–water partition coefficient (Wildman–Crippen LogP) is 9.39. The molecule has 3 heteroatoms. The molecule has 0 unspecified atom stereocenters. The van der Waals surface area contributed by atoms with E-state index in [1.54, 1.807) is 14.2 Å². The summed E-state index contributed by atoms with van der Waals surface area (Å²) in [4.78, 5) is 0. The van der Waals surface area contributed by atoms with Crippen LogP contribution in [0.1, 0.15) is 77.0 Å². The van der Waals surface area contributed by atoms with Gasteiger partial charge in [-0.3, -0.25) is 0 Å². The van der Waals surface area contributed by atoms with E-state index in [0.717, 1.165) is 59.1 Å². The second kappa shape index (κ2) is 9.69. The molecule has 0 aliphatic heterocycles. The third-order valence-electron chi connectivity index (χ3n) is 8.37. The normalized spacial score (nSPS) is 13.9. The van der Waals surface area contributed by atoms with Crippen molar-refractivity contribution in [2.45, 2.75) is 71.1 Å². The zero-order valence-corrected chi connectivity index (χ0v) is 23.9. The third-order valence-corrected chi connectivity index (χ3v) is 8.37. The first-order valence-electron chi connectivity index (χ1n) is 13.9. The molecule has 38 heavy (non-hydrogen) atoms. The fourth-order valence-corrected chi connectivity index (χ4v) is 6.57. The Morgan fingerprint density at radius 3 is 2.08 bits per heavy atom. The molecule has 1 aliphatic rings. The number of hydrogen-bond donors (Lipinski definition) is 1. The van der Waals surface area contributed by atoms with Gasteiger partial charge in [-0.15, -0.1) is 0 Å². The summed E-state index contributed by atoms with van der Waals surface area (Å²) in [5.41, 5.74) is 8.55. The van der Waals surface area contributed by atoms with Gasteiger partial charge in [-0.1, -0.05) is 71.7 Å². The average molecular weight is 509 g/mol. The molecular formula is C35H40O3. The lowest BCUT2D eigenvalue weighted by molar-refractivity contribution is 0.395. The minimum Gasteiger partial charge on any atom is -0.507 e.